The van der Waals surface area contributed by atoms with Gasteiger partial charge in [-0.15, -0.1) is 0 Å². The Morgan fingerprint density at radius 1 is 1.39 bits per heavy atom. The minimum atomic E-state index is -0.617. The van der Waals surface area contributed by atoms with Gasteiger partial charge in [0.25, 0.3) is 0 Å². The fraction of sp³-hybridized carbons (Fsp3) is 0.923. The van der Waals surface area contributed by atoms with Crippen molar-refractivity contribution in [3.05, 3.63) is 0 Å². The molecule has 1 heterocycles. The van der Waals surface area contributed by atoms with Crippen molar-refractivity contribution in [3.8, 4) is 0 Å². The molecule has 1 amide bonds. The predicted molar refractivity (Wildman–Crippen MR) is 70.2 cm³/mol. The van der Waals surface area contributed by atoms with Crippen molar-refractivity contribution in [2.45, 2.75) is 50.2 Å². The molecule has 0 aromatic heterocycles. The van der Waals surface area contributed by atoms with E-state index in [1.807, 2.05) is 6.92 Å². The number of nitrogens with one attached hydrogen (secondary N) is 1. The molecule has 0 radical (unpaired) electrons. The Morgan fingerprint density at radius 2 is 2.00 bits per heavy atom. The van der Waals surface area contributed by atoms with Crippen molar-refractivity contribution in [1.29, 1.82) is 0 Å². The molecular weight excluding hydrogens is 230 g/mol. The molecule has 5 nitrogen and oxygen atoms in total. The number of carbonyl (C=O) groups is 1. The van der Waals surface area contributed by atoms with E-state index in [4.69, 9.17) is 10.5 Å². The molecule has 1 saturated heterocycles. The van der Waals surface area contributed by atoms with E-state index in [0.29, 0.717) is 18.6 Å². The van der Waals surface area contributed by atoms with Crippen molar-refractivity contribution in [2.24, 2.45) is 5.73 Å². The highest BCUT2D eigenvalue weighted by Gasteiger charge is 2.38. The lowest BCUT2D eigenvalue weighted by Gasteiger charge is -2.37. The summed E-state index contributed by atoms with van der Waals surface area (Å²) in [6, 6.07) is 0.976. The van der Waals surface area contributed by atoms with Gasteiger partial charge in [0, 0.05) is 31.8 Å². The molecule has 3 N–H and O–H groups in total. The molecule has 1 aliphatic heterocycles. The van der Waals surface area contributed by atoms with Gasteiger partial charge in [-0.3, -0.25) is 10.1 Å². The molecule has 1 saturated carbocycles. The van der Waals surface area contributed by atoms with Crippen LogP contribution in [0.5, 0.6) is 0 Å². The molecule has 2 fully saturated rings. The summed E-state index contributed by atoms with van der Waals surface area (Å²) in [5.41, 5.74) is 4.96. The first-order valence-electron chi connectivity index (χ1n) is 6.87. The average Bonchev–Trinajstić information content (AvgIpc) is 3.13. The van der Waals surface area contributed by atoms with Crippen LogP contribution in [0.1, 0.15) is 32.6 Å². The monoisotopic (exact) mass is 255 g/mol. The zero-order valence-corrected chi connectivity index (χ0v) is 11.4. The smallest absolute Gasteiger partial charge is 0.238 e. The summed E-state index contributed by atoms with van der Waals surface area (Å²) in [5.74, 6) is -0.256. The largest absolute Gasteiger partial charge is 0.381 e. The number of ether oxygens (including phenoxy) is 1. The summed E-state index contributed by atoms with van der Waals surface area (Å²) in [5, 5.41) is 3.39. The Morgan fingerprint density at radius 3 is 2.50 bits per heavy atom. The van der Waals surface area contributed by atoms with Crippen LogP contribution in [-0.2, 0) is 9.53 Å². The van der Waals surface area contributed by atoms with E-state index >= 15 is 0 Å². The lowest BCUT2D eigenvalue weighted by Crippen LogP contribution is -2.61. The molecule has 2 aliphatic rings. The SMILES string of the molecule is CN(CC(C)(NC1CC1)C(N)=O)C1CCOCC1. The first-order chi connectivity index (χ1) is 8.51. The number of amides is 1. The number of carbonyl (C=O) groups excluding carboxylic acids is 1. The van der Waals surface area contributed by atoms with Crippen molar-refractivity contribution < 1.29 is 9.53 Å². The third kappa shape index (κ3) is 3.43. The van der Waals surface area contributed by atoms with Gasteiger partial charge in [-0.2, -0.15) is 0 Å². The summed E-state index contributed by atoms with van der Waals surface area (Å²) >= 11 is 0. The van der Waals surface area contributed by atoms with Crippen molar-refractivity contribution in [2.75, 3.05) is 26.8 Å². The van der Waals surface area contributed by atoms with Gasteiger partial charge in [-0.25, -0.2) is 0 Å². The molecular formula is C13H25N3O2. The number of hydrogen-bond donors (Lipinski definition) is 2. The molecule has 1 atom stereocenters. The second-order valence-corrected chi connectivity index (χ2v) is 5.87. The third-order valence-corrected chi connectivity index (χ3v) is 4.02. The quantitative estimate of drug-likeness (QED) is 0.706. The van der Waals surface area contributed by atoms with Crippen molar-refractivity contribution in [1.82, 2.24) is 10.2 Å². The summed E-state index contributed by atoms with van der Waals surface area (Å²) in [4.78, 5) is 14.0. The minimum Gasteiger partial charge on any atom is -0.381 e. The molecule has 0 aromatic rings. The number of likely N-dealkylation sites (N-methyl/N-ethyl adjacent to an activating group) is 1. The van der Waals surface area contributed by atoms with E-state index in [0.717, 1.165) is 38.9 Å². The Balaban J connectivity index is 1.91. The van der Waals surface area contributed by atoms with Gasteiger partial charge < -0.3 is 15.4 Å². The van der Waals surface area contributed by atoms with Gasteiger partial charge in [-0.1, -0.05) is 0 Å². The maximum atomic E-state index is 11.7. The van der Waals surface area contributed by atoms with Crippen LogP contribution in [-0.4, -0.2) is 55.2 Å². The summed E-state index contributed by atoms with van der Waals surface area (Å²) < 4.78 is 5.37. The van der Waals surface area contributed by atoms with E-state index in [9.17, 15) is 4.79 Å². The maximum Gasteiger partial charge on any atom is 0.238 e. The summed E-state index contributed by atoms with van der Waals surface area (Å²) in [7, 11) is 2.08. The topological polar surface area (TPSA) is 67.6 Å². The summed E-state index contributed by atoms with van der Waals surface area (Å²) in [6.45, 7) is 4.23. The highest BCUT2D eigenvalue weighted by Crippen LogP contribution is 2.24. The number of nitrogens with zero attached hydrogens (tertiary/aromatic N) is 1. The summed E-state index contributed by atoms with van der Waals surface area (Å²) in [6.07, 6.45) is 4.39. The van der Waals surface area contributed by atoms with Crippen LogP contribution >= 0.6 is 0 Å². The second kappa shape index (κ2) is 5.55. The number of rotatable bonds is 6. The van der Waals surface area contributed by atoms with Gasteiger partial charge in [0.05, 0.1) is 0 Å². The van der Waals surface area contributed by atoms with Crippen molar-refractivity contribution in [3.63, 3.8) is 0 Å². The van der Waals surface area contributed by atoms with Gasteiger partial charge in [-0.05, 0) is 39.7 Å². The molecule has 1 aliphatic carbocycles. The Hall–Kier alpha value is -0.650. The van der Waals surface area contributed by atoms with E-state index in [1.165, 1.54) is 0 Å². The highest BCUT2D eigenvalue weighted by molar-refractivity contribution is 5.84. The number of primary amides is 1. The van der Waals surface area contributed by atoms with Gasteiger partial charge in [0.2, 0.25) is 5.91 Å². The lowest BCUT2D eigenvalue weighted by molar-refractivity contribution is -0.125. The maximum absolute atomic E-state index is 11.7. The fourth-order valence-corrected chi connectivity index (χ4v) is 2.63. The van der Waals surface area contributed by atoms with Crippen LogP contribution in [0.2, 0.25) is 0 Å². The first-order valence-corrected chi connectivity index (χ1v) is 6.87. The van der Waals surface area contributed by atoms with Crippen LogP contribution in [0.3, 0.4) is 0 Å². The molecule has 0 bridgehead atoms. The fourth-order valence-electron chi connectivity index (χ4n) is 2.63. The van der Waals surface area contributed by atoms with Gasteiger partial charge in [0.15, 0.2) is 0 Å². The van der Waals surface area contributed by atoms with Crippen molar-refractivity contribution >= 4 is 5.91 Å². The first kappa shape index (κ1) is 13.8. The average molecular weight is 255 g/mol. The zero-order chi connectivity index (χ0) is 13.2. The van der Waals surface area contributed by atoms with Crippen LogP contribution < -0.4 is 11.1 Å². The van der Waals surface area contributed by atoms with Gasteiger partial charge >= 0.3 is 0 Å². The van der Waals surface area contributed by atoms with Gasteiger partial charge in [0.1, 0.15) is 5.54 Å². The number of hydrogen-bond acceptors (Lipinski definition) is 4. The Labute approximate surface area is 109 Å². The molecule has 1 unspecified atom stereocenters. The lowest BCUT2D eigenvalue weighted by atomic mass is 9.98. The second-order valence-electron chi connectivity index (χ2n) is 5.87. The standard InChI is InChI=1S/C13H25N3O2/c1-13(12(14)17,15-10-3-4-10)9-16(2)11-5-7-18-8-6-11/h10-11,15H,3-9H2,1-2H3,(H2,14,17). The van der Waals surface area contributed by atoms with Crippen LogP contribution in [0.25, 0.3) is 0 Å². The zero-order valence-electron chi connectivity index (χ0n) is 11.4. The number of nitrogens with two attached hydrogens (primary N) is 1. The molecule has 104 valence electrons. The van der Waals surface area contributed by atoms with E-state index in [2.05, 4.69) is 17.3 Å². The third-order valence-electron chi connectivity index (χ3n) is 4.02. The Kier molecular flexibility index (Phi) is 4.25. The van der Waals surface area contributed by atoms with Crippen LogP contribution in [0.4, 0.5) is 0 Å². The normalized spacial score (nSPS) is 25.1. The minimum absolute atomic E-state index is 0.256. The predicted octanol–water partition coefficient (Wildman–Crippen LogP) is 0.0932. The molecule has 2 rings (SSSR count). The molecule has 0 aromatic carbocycles. The molecule has 18 heavy (non-hydrogen) atoms. The van der Waals surface area contributed by atoms with E-state index < -0.39 is 5.54 Å². The molecule has 5 heteroatoms. The van der Waals surface area contributed by atoms with Crippen LogP contribution in [0, 0.1) is 0 Å². The van der Waals surface area contributed by atoms with E-state index in [-0.39, 0.29) is 5.91 Å². The van der Waals surface area contributed by atoms with E-state index in [1.54, 1.807) is 0 Å². The van der Waals surface area contributed by atoms with Crippen LogP contribution in [0.15, 0.2) is 0 Å². The molecule has 0 spiro atoms. The Bertz CT molecular complexity index is 301. The highest BCUT2D eigenvalue weighted by atomic mass is 16.5.